The molecule has 0 unspecified atom stereocenters. The van der Waals surface area contributed by atoms with Crippen molar-refractivity contribution in [1.29, 1.82) is 0 Å². The van der Waals surface area contributed by atoms with Gasteiger partial charge in [-0.2, -0.15) is 8.42 Å². The van der Waals surface area contributed by atoms with Crippen LogP contribution in [0.15, 0.2) is 47.4 Å². The third-order valence-electron chi connectivity index (χ3n) is 5.43. The molecule has 0 aliphatic heterocycles. The minimum Gasteiger partial charge on any atom is -0.870 e. The van der Waals surface area contributed by atoms with Crippen molar-refractivity contribution in [2.24, 2.45) is 0 Å². The van der Waals surface area contributed by atoms with Gasteiger partial charge in [0.05, 0.1) is 0 Å². The Morgan fingerprint density at radius 2 is 1.34 bits per heavy atom. The predicted octanol–water partition coefficient (Wildman–Crippen LogP) is 3.66. The molecule has 0 amide bonds. The summed E-state index contributed by atoms with van der Waals surface area (Å²) in [5.41, 5.74) is 1.17. The Kier molecular flexibility index (Phi) is 15.0. The zero-order chi connectivity index (χ0) is 22.5. The van der Waals surface area contributed by atoms with Crippen LogP contribution in [0.3, 0.4) is 0 Å². The van der Waals surface area contributed by atoms with Gasteiger partial charge in [-0.05, 0) is 36.6 Å². The van der Waals surface area contributed by atoms with Gasteiger partial charge >= 0.3 is 51.4 Å². The molecule has 0 heterocycles. The monoisotopic (exact) mass is 486 g/mol. The smallest absolute Gasteiger partial charge is 0.870 e. The fourth-order valence-electron chi connectivity index (χ4n) is 3.63. The maximum absolute atomic E-state index is 12.0. The van der Waals surface area contributed by atoms with E-state index in [4.69, 9.17) is 4.74 Å². The molecule has 2 aromatic carbocycles. The fraction of sp³-hybridized carbons (Fsp3) is 0.520. The van der Waals surface area contributed by atoms with Gasteiger partial charge in [0.25, 0.3) is 10.1 Å². The number of hydrogen-bond donors (Lipinski definition) is 1. The number of ether oxygens (including phenoxy) is 1. The Morgan fingerprint density at radius 1 is 0.812 bits per heavy atom. The van der Waals surface area contributed by atoms with E-state index in [1.165, 1.54) is 81.9 Å². The molecule has 5 nitrogen and oxygen atoms in total. The van der Waals surface area contributed by atoms with Crippen LogP contribution in [0.25, 0.3) is 0 Å². The quantitative estimate of drug-likeness (QED) is 0.236. The normalized spacial score (nSPS) is 11.2. The Bertz CT molecular complexity index is 882. The molecule has 0 aliphatic carbocycles. The van der Waals surface area contributed by atoms with E-state index >= 15 is 0 Å². The minimum atomic E-state index is -4.54. The van der Waals surface area contributed by atoms with Gasteiger partial charge in [-0.25, -0.2) is 0 Å². The molecule has 0 spiro atoms. The molecule has 0 radical (unpaired) electrons. The van der Waals surface area contributed by atoms with Crippen LogP contribution in [0.5, 0.6) is 17.2 Å². The van der Waals surface area contributed by atoms with Gasteiger partial charge in [0, 0.05) is 0 Å². The third-order valence-corrected chi connectivity index (χ3v) is 6.31. The average Bonchev–Trinajstić information content (AvgIpc) is 2.74. The van der Waals surface area contributed by atoms with Crippen LogP contribution < -0.4 is 61.2 Å². The Hall–Kier alpha value is -0.414. The van der Waals surface area contributed by atoms with Crippen molar-refractivity contribution in [2.45, 2.75) is 88.9 Å². The van der Waals surface area contributed by atoms with Gasteiger partial charge < -0.3 is 9.84 Å². The first kappa shape index (κ1) is 29.6. The number of benzene rings is 2. The van der Waals surface area contributed by atoms with Crippen LogP contribution >= 0.6 is 0 Å². The van der Waals surface area contributed by atoms with E-state index in [0.717, 1.165) is 18.9 Å². The topological polar surface area (TPSA) is 86.7 Å². The van der Waals surface area contributed by atoms with Gasteiger partial charge in [-0.3, -0.25) is 4.55 Å². The van der Waals surface area contributed by atoms with Crippen molar-refractivity contribution in [3.63, 3.8) is 0 Å². The Balaban J connectivity index is 0.00000512. The molecule has 0 saturated heterocycles. The van der Waals surface area contributed by atoms with Crippen molar-refractivity contribution in [2.75, 3.05) is 0 Å². The molecule has 0 saturated carbocycles. The van der Waals surface area contributed by atoms with E-state index in [9.17, 15) is 18.1 Å². The summed E-state index contributed by atoms with van der Waals surface area (Å²) in [6.45, 7) is 2.25. The first-order valence-electron chi connectivity index (χ1n) is 11.5. The zero-order valence-corrected chi connectivity index (χ0v) is 23.5. The predicted molar refractivity (Wildman–Crippen MR) is 122 cm³/mol. The number of unbranched alkanes of at least 4 members (excludes halogenated alkanes) is 10. The molecule has 1 N–H and O–H groups in total. The zero-order valence-electron chi connectivity index (χ0n) is 19.5. The first-order valence-corrected chi connectivity index (χ1v) is 12.9. The van der Waals surface area contributed by atoms with Crippen LogP contribution in [-0.4, -0.2) is 13.0 Å². The van der Waals surface area contributed by atoms with Gasteiger partial charge in [0.2, 0.25) is 0 Å². The molecule has 2 rings (SSSR count). The number of hydrogen-bond acceptors (Lipinski definition) is 4. The fourth-order valence-corrected chi connectivity index (χ4v) is 4.26. The van der Waals surface area contributed by atoms with Crippen molar-refractivity contribution in [3.05, 3.63) is 48.0 Å². The number of para-hydroxylation sites is 1. The SMILES string of the molecule is CCCCCCCCCCCCCc1ccc(Oc2c([O-])cccc2S(=O)(=O)O)cc1.[K+]. The Labute approximate surface area is 236 Å². The van der Waals surface area contributed by atoms with Crippen molar-refractivity contribution >= 4 is 10.1 Å². The van der Waals surface area contributed by atoms with Gasteiger partial charge in [0.1, 0.15) is 16.4 Å². The van der Waals surface area contributed by atoms with Crippen molar-refractivity contribution < 1.29 is 74.2 Å². The van der Waals surface area contributed by atoms with E-state index in [0.29, 0.717) is 5.75 Å². The minimum absolute atomic E-state index is 0. The van der Waals surface area contributed by atoms with Crippen LogP contribution in [0, 0.1) is 0 Å². The second-order valence-electron chi connectivity index (χ2n) is 8.09. The van der Waals surface area contributed by atoms with Crippen molar-refractivity contribution in [3.8, 4) is 17.2 Å². The summed E-state index contributed by atoms with van der Waals surface area (Å²) in [5.74, 6) is -0.626. The Morgan fingerprint density at radius 3 is 1.88 bits per heavy atom. The molecule has 0 atom stereocenters. The van der Waals surface area contributed by atoms with Crippen LogP contribution in [0.2, 0.25) is 0 Å². The molecule has 7 heteroatoms. The van der Waals surface area contributed by atoms with E-state index in [2.05, 4.69) is 6.92 Å². The maximum Gasteiger partial charge on any atom is 1.00 e. The molecule has 0 fully saturated rings. The molecule has 172 valence electrons. The summed E-state index contributed by atoms with van der Waals surface area (Å²) >= 11 is 0. The number of aryl methyl sites for hydroxylation is 1. The third kappa shape index (κ3) is 11.1. The second-order valence-corrected chi connectivity index (χ2v) is 9.48. The summed E-state index contributed by atoms with van der Waals surface area (Å²) in [6, 6.07) is 10.9. The maximum atomic E-state index is 12.0. The number of rotatable bonds is 15. The summed E-state index contributed by atoms with van der Waals surface area (Å²) in [5, 5.41) is 12.0. The van der Waals surface area contributed by atoms with Crippen LogP contribution in [-0.2, 0) is 16.5 Å². The summed E-state index contributed by atoms with van der Waals surface area (Å²) in [6.07, 6.45) is 15.4. The first-order chi connectivity index (χ1) is 14.9. The van der Waals surface area contributed by atoms with Crippen LogP contribution in [0.4, 0.5) is 0 Å². The molecular weight excluding hydrogens is 451 g/mol. The largest absolute Gasteiger partial charge is 1.00 e. The van der Waals surface area contributed by atoms with E-state index in [1.807, 2.05) is 12.1 Å². The molecule has 0 bridgehead atoms. The molecule has 0 aliphatic rings. The summed E-state index contributed by atoms with van der Waals surface area (Å²) in [4.78, 5) is -0.523. The molecule has 32 heavy (non-hydrogen) atoms. The van der Waals surface area contributed by atoms with Gasteiger partial charge in [-0.1, -0.05) is 101 Å². The average molecular weight is 487 g/mol. The van der Waals surface area contributed by atoms with E-state index in [1.54, 1.807) is 12.1 Å². The summed E-state index contributed by atoms with van der Waals surface area (Å²) < 4.78 is 37.7. The second kappa shape index (κ2) is 16.3. The summed E-state index contributed by atoms with van der Waals surface area (Å²) in [7, 11) is -4.54. The van der Waals surface area contributed by atoms with E-state index in [-0.39, 0.29) is 57.1 Å². The molecule has 2 aromatic rings. The van der Waals surface area contributed by atoms with Crippen molar-refractivity contribution in [1.82, 2.24) is 0 Å². The molecular formula is C25H35KO5S. The standard InChI is InChI=1S/C25H36O5S.K/c1-2-3-4-5-6-7-8-9-10-11-12-14-21-17-19-22(20-18-21)30-25-23(26)15-13-16-24(25)31(27,28)29;/h13,15-20,26H,2-12,14H2,1H3,(H,27,28,29);/q;+1/p-1. The van der Waals surface area contributed by atoms with Crippen LogP contribution in [0.1, 0.15) is 83.1 Å². The van der Waals surface area contributed by atoms with E-state index < -0.39 is 20.8 Å². The van der Waals surface area contributed by atoms with Gasteiger partial charge in [0.15, 0.2) is 0 Å². The van der Waals surface area contributed by atoms with Gasteiger partial charge in [-0.15, -0.1) is 0 Å². The molecule has 0 aromatic heterocycles.